The summed E-state index contributed by atoms with van der Waals surface area (Å²) in [6.45, 7) is 0. The molecule has 0 radical (unpaired) electrons. The summed E-state index contributed by atoms with van der Waals surface area (Å²) in [6.07, 6.45) is -0.478. The molecule has 4 aromatic rings. The molecule has 0 saturated heterocycles. The maximum absolute atomic E-state index is 13.3. The van der Waals surface area contributed by atoms with E-state index in [2.05, 4.69) is 0 Å². The first-order chi connectivity index (χ1) is 16.9. The Kier molecular flexibility index (Phi) is 5.79. The van der Waals surface area contributed by atoms with Crippen LogP contribution in [0.5, 0.6) is 28.7 Å². The van der Waals surface area contributed by atoms with E-state index in [1.165, 1.54) is 6.07 Å². The molecule has 176 valence electrons. The van der Waals surface area contributed by atoms with Gasteiger partial charge in [-0.15, -0.1) is 0 Å². The second kappa shape index (κ2) is 9.06. The largest absolute Gasteiger partial charge is 0.508 e. The number of ketones is 1. The van der Waals surface area contributed by atoms with Gasteiger partial charge in [0.1, 0.15) is 40.4 Å². The predicted octanol–water partition coefficient (Wildman–Crippen LogP) is 5.40. The first-order valence-corrected chi connectivity index (χ1v) is 11.3. The first kappa shape index (κ1) is 22.3. The summed E-state index contributed by atoms with van der Waals surface area (Å²) in [4.78, 5) is 13.3. The topological polar surface area (TPSA) is 107 Å². The SMILES string of the molecule is O=C1C[C@@H](c2ccccc2)Oc2c(Cc3ccccc3O)c(O)c(Cc3ccccc3O)c(O)c21. The maximum atomic E-state index is 13.3. The number of ether oxygens (including phenoxy) is 1. The molecule has 0 fully saturated rings. The minimum absolute atomic E-state index is 0.000779. The molecule has 0 amide bonds. The molecule has 4 N–H and O–H groups in total. The van der Waals surface area contributed by atoms with Gasteiger partial charge in [-0.25, -0.2) is 0 Å². The number of hydrogen-bond donors (Lipinski definition) is 4. The fourth-order valence-corrected chi connectivity index (χ4v) is 4.54. The number of benzene rings is 4. The molecular weight excluding hydrogens is 444 g/mol. The molecule has 6 heteroatoms. The Bertz CT molecular complexity index is 1410. The highest BCUT2D eigenvalue weighted by atomic mass is 16.5. The molecule has 0 aliphatic carbocycles. The van der Waals surface area contributed by atoms with Crippen molar-refractivity contribution < 1.29 is 30.0 Å². The van der Waals surface area contributed by atoms with Crippen molar-refractivity contribution in [3.63, 3.8) is 0 Å². The average Bonchev–Trinajstić information content (AvgIpc) is 2.86. The second-order valence-electron chi connectivity index (χ2n) is 8.61. The predicted molar refractivity (Wildman–Crippen MR) is 130 cm³/mol. The molecule has 1 atom stereocenters. The Labute approximate surface area is 202 Å². The molecule has 4 aromatic carbocycles. The summed E-state index contributed by atoms with van der Waals surface area (Å²) in [6, 6.07) is 22.6. The van der Waals surface area contributed by atoms with E-state index in [0.29, 0.717) is 16.7 Å². The quantitative estimate of drug-likeness (QED) is 0.313. The smallest absolute Gasteiger partial charge is 0.174 e. The third-order valence-corrected chi connectivity index (χ3v) is 6.39. The van der Waals surface area contributed by atoms with Gasteiger partial charge in [0.15, 0.2) is 5.78 Å². The van der Waals surface area contributed by atoms with Crippen LogP contribution < -0.4 is 4.74 Å². The van der Waals surface area contributed by atoms with Crippen LogP contribution in [-0.4, -0.2) is 26.2 Å². The Balaban J connectivity index is 1.68. The molecule has 0 aromatic heterocycles. The van der Waals surface area contributed by atoms with E-state index in [0.717, 1.165) is 5.56 Å². The van der Waals surface area contributed by atoms with Gasteiger partial charge in [-0.3, -0.25) is 4.79 Å². The molecule has 0 bridgehead atoms. The summed E-state index contributed by atoms with van der Waals surface area (Å²) in [5.74, 6) is -0.757. The van der Waals surface area contributed by atoms with E-state index in [4.69, 9.17) is 4.74 Å². The monoisotopic (exact) mass is 468 g/mol. The van der Waals surface area contributed by atoms with E-state index >= 15 is 0 Å². The number of Topliss-reactive ketones (excluding diaryl/α,β-unsaturated/α-hetero) is 1. The highest BCUT2D eigenvalue weighted by Crippen LogP contribution is 2.49. The molecule has 0 saturated carbocycles. The number of aromatic hydroxyl groups is 4. The number of rotatable bonds is 5. The third kappa shape index (κ3) is 4.15. The summed E-state index contributed by atoms with van der Waals surface area (Å²) in [5, 5.41) is 43.1. The van der Waals surface area contributed by atoms with Crippen LogP contribution in [0, 0.1) is 0 Å². The third-order valence-electron chi connectivity index (χ3n) is 6.39. The van der Waals surface area contributed by atoms with Crippen molar-refractivity contribution in [2.45, 2.75) is 25.4 Å². The van der Waals surface area contributed by atoms with Crippen molar-refractivity contribution in [3.05, 3.63) is 112 Å². The van der Waals surface area contributed by atoms with Gasteiger partial charge in [0.25, 0.3) is 0 Å². The van der Waals surface area contributed by atoms with Crippen LogP contribution in [0.4, 0.5) is 0 Å². The number of para-hydroxylation sites is 2. The van der Waals surface area contributed by atoms with Crippen molar-refractivity contribution in [2.24, 2.45) is 0 Å². The van der Waals surface area contributed by atoms with Gasteiger partial charge in [0.05, 0.1) is 6.42 Å². The van der Waals surface area contributed by atoms with E-state index in [1.807, 2.05) is 30.3 Å². The molecule has 35 heavy (non-hydrogen) atoms. The van der Waals surface area contributed by atoms with E-state index in [-0.39, 0.29) is 64.9 Å². The molecule has 0 unspecified atom stereocenters. The van der Waals surface area contributed by atoms with Gasteiger partial charge in [-0.05, 0) is 28.8 Å². The molecule has 5 rings (SSSR count). The highest BCUT2D eigenvalue weighted by molar-refractivity contribution is 6.04. The summed E-state index contributed by atoms with van der Waals surface area (Å²) in [7, 11) is 0. The van der Waals surface area contributed by atoms with Gasteiger partial charge < -0.3 is 25.2 Å². The minimum atomic E-state index is -0.581. The van der Waals surface area contributed by atoms with E-state index < -0.39 is 6.10 Å². The van der Waals surface area contributed by atoms with Crippen LogP contribution in [0.25, 0.3) is 0 Å². The van der Waals surface area contributed by atoms with Crippen LogP contribution in [0.15, 0.2) is 78.9 Å². The van der Waals surface area contributed by atoms with Crippen LogP contribution in [0.1, 0.15) is 50.7 Å². The lowest BCUT2D eigenvalue weighted by molar-refractivity contribution is 0.0842. The lowest BCUT2D eigenvalue weighted by atomic mass is 9.87. The molecule has 1 aliphatic heterocycles. The molecule has 0 spiro atoms. The summed E-state index contributed by atoms with van der Waals surface area (Å²) >= 11 is 0. The van der Waals surface area contributed by atoms with Crippen molar-refractivity contribution in [1.29, 1.82) is 0 Å². The van der Waals surface area contributed by atoms with Crippen LogP contribution in [0.2, 0.25) is 0 Å². The lowest BCUT2D eigenvalue weighted by Crippen LogP contribution is -2.22. The van der Waals surface area contributed by atoms with Crippen LogP contribution in [0.3, 0.4) is 0 Å². The summed E-state index contributed by atoms with van der Waals surface area (Å²) in [5.41, 5.74) is 2.23. The molecule has 1 aliphatic rings. The Morgan fingerprint density at radius 2 is 1.23 bits per heavy atom. The highest BCUT2D eigenvalue weighted by Gasteiger charge is 2.36. The number of carbonyl (C=O) groups is 1. The standard InChI is InChI=1S/C29H24O6/c30-22-12-6-4-10-18(22)14-20-27(33)21(15-19-11-5-7-13-23(19)31)29-26(28(20)34)24(32)16-25(35-29)17-8-2-1-3-9-17/h1-13,25,30-31,33-34H,14-16H2/t25-/m0/s1. The zero-order chi connectivity index (χ0) is 24.5. The van der Waals surface area contributed by atoms with Gasteiger partial charge in [-0.1, -0.05) is 66.7 Å². The zero-order valence-corrected chi connectivity index (χ0v) is 18.8. The van der Waals surface area contributed by atoms with Crippen LogP contribution in [-0.2, 0) is 12.8 Å². The Morgan fingerprint density at radius 1 is 0.686 bits per heavy atom. The van der Waals surface area contributed by atoms with Crippen molar-refractivity contribution in [1.82, 2.24) is 0 Å². The Morgan fingerprint density at radius 3 is 1.83 bits per heavy atom. The van der Waals surface area contributed by atoms with Crippen molar-refractivity contribution in [3.8, 4) is 28.7 Å². The molecule has 1 heterocycles. The molecular formula is C29H24O6. The van der Waals surface area contributed by atoms with Gasteiger partial charge >= 0.3 is 0 Å². The number of fused-ring (bicyclic) bond motifs is 1. The van der Waals surface area contributed by atoms with Gasteiger partial charge in [0.2, 0.25) is 0 Å². The van der Waals surface area contributed by atoms with Crippen molar-refractivity contribution >= 4 is 5.78 Å². The lowest BCUT2D eigenvalue weighted by Gasteiger charge is -2.30. The number of hydrogen-bond acceptors (Lipinski definition) is 6. The maximum Gasteiger partial charge on any atom is 0.174 e. The average molecular weight is 469 g/mol. The van der Waals surface area contributed by atoms with E-state index in [1.54, 1.807) is 42.5 Å². The van der Waals surface area contributed by atoms with E-state index in [9.17, 15) is 25.2 Å². The minimum Gasteiger partial charge on any atom is -0.508 e. The summed E-state index contributed by atoms with van der Waals surface area (Å²) < 4.78 is 6.25. The number of phenols is 4. The number of carbonyl (C=O) groups excluding carboxylic acids is 1. The second-order valence-corrected chi connectivity index (χ2v) is 8.61. The Hall–Kier alpha value is -4.45. The fourth-order valence-electron chi connectivity index (χ4n) is 4.54. The van der Waals surface area contributed by atoms with Crippen molar-refractivity contribution in [2.75, 3.05) is 0 Å². The fraction of sp³-hybridized carbons (Fsp3) is 0.138. The van der Waals surface area contributed by atoms with Gasteiger partial charge in [0, 0.05) is 24.0 Å². The molecule has 6 nitrogen and oxygen atoms in total. The zero-order valence-electron chi connectivity index (χ0n) is 18.8. The normalized spacial score (nSPS) is 14.9. The van der Waals surface area contributed by atoms with Crippen LogP contribution >= 0.6 is 0 Å². The number of phenolic OH excluding ortho intramolecular Hbond substituents is 4. The first-order valence-electron chi connectivity index (χ1n) is 11.3. The van der Waals surface area contributed by atoms with Gasteiger partial charge in [-0.2, -0.15) is 0 Å².